The Balaban J connectivity index is 1.96. The van der Waals surface area contributed by atoms with Gasteiger partial charge in [0.1, 0.15) is 12.3 Å². The van der Waals surface area contributed by atoms with E-state index in [-0.39, 0.29) is 24.4 Å². The predicted octanol–water partition coefficient (Wildman–Crippen LogP) is 3.28. The lowest BCUT2D eigenvalue weighted by Gasteiger charge is -2.23. The number of hydrogen-bond acceptors (Lipinski definition) is 3. The topological polar surface area (TPSA) is 58.6 Å². The van der Waals surface area contributed by atoms with Crippen LogP contribution in [-0.4, -0.2) is 31.0 Å². The molecule has 0 saturated heterocycles. The van der Waals surface area contributed by atoms with Crippen LogP contribution in [0.1, 0.15) is 52.4 Å². The van der Waals surface area contributed by atoms with Gasteiger partial charge in [-0.1, -0.05) is 25.7 Å². The van der Waals surface area contributed by atoms with E-state index >= 15 is 0 Å². The summed E-state index contributed by atoms with van der Waals surface area (Å²) in [7, 11) is 0. The van der Waals surface area contributed by atoms with Crippen LogP contribution in [0.4, 0.5) is 5.69 Å². The lowest BCUT2D eigenvalue weighted by Crippen LogP contribution is -2.43. The molecule has 0 spiro atoms. The predicted molar refractivity (Wildman–Crippen MR) is 95.3 cm³/mol. The maximum Gasteiger partial charge on any atom is 0.240 e. The van der Waals surface area contributed by atoms with E-state index in [1.54, 1.807) is 0 Å². The summed E-state index contributed by atoms with van der Waals surface area (Å²) in [6.07, 6.45) is 6.90. The molecule has 0 unspecified atom stereocenters. The van der Waals surface area contributed by atoms with Crippen molar-refractivity contribution in [2.45, 2.75) is 58.4 Å². The SMILES string of the molecule is CCOc1ccc(N(CC(=O)NC2CCCCCC2)C(C)=O)cc1. The Hall–Kier alpha value is -2.04. The molecule has 1 aliphatic carbocycles. The van der Waals surface area contributed by atoms with Gasteiger partial charge < -0.3 is 15.0 Å². The quantitative estimate of drug-likeness (QED) is 0.813. The number of carbonyl (C=O) groups excluding carboxylic acids is 2. The molecule has 0 aliphatic heterocycles. The lowest BCUT2D eigenvalue weighted by atomic mass is 10.1. The van der Waals surface area contributed by atoms with Gasteiger partial charge in [-0.2, -0.15) is 0 Å². The average Bonchev–Trinajstić information content (AvgIpc) is 2.82. The van der Waals surface area contributed by atoms with Gasteiger partial charge in [0.05, 0.1) is 6.61 Å². The van der Waals surface area contributed by atoms with Gasteiger partial charge in [-0.25, -0.2) is 0 Å². The summed E-state index contributed by atoms with van der Waals surface area (Å²) >= 11 is 0. The Morgan fingerprint density at radius 3 is 2.29 bits per heavy atom. The molecule has 5 nitrogen and oxygen atoms in total. The Bertz CT molecular complexity index is 534. The molecular weight excluding hydrogens is 304 g/mol. The second-order valence-corrected chi connectivity index (χ2v) is 6.29. The number of amides is 2. The molecule has 0 bridgehead atoms. The zero-order valence-electron chi connectivity index (χ0n) is 14.7. The fourth-order valence-electron chi connectivity index (χ4n) is 3.11. The molecule has 1 N–H and O–H groups in total. The van der Waals surface area contributed by atoms with E-state index in [9.17, 15) is 9.59 Å². The van der Waals surface area contributed by atoms with E-state index in [4.69, 9.17) is 4.74 Å². The van der Waals surface area contributed by atoms with Crippen molar-refractivity contribution >= 4 is 17.5 Å². The normalized spacial score (nSPS) is 15.4. The molecule has 0 aromatic heterocycles. The Morgan fingerprint density at radius 2 is 1.75 bits per heavy atom. The number of nitrogens with zero attached hydrogens (tertiary/aromatic N) is 1. The largest absolute Gasteiger partial charge is 0.494 e. The van der Waals surface area contributed by atoms with Crippen LogP contribution >= 0.6 is 0 Å². The van der Waals surface area contributed by atoms with E-state index in [2.05, 4.69) is 5.32 Å². The van der Waals surface area contributed by atoms with Crippen molar-refractivity contribution in [1.29, 1.82) is 0 Å². The molecule has 0 radical (unpaired) electrons. The van der Waals surface area contributed by atoms with Gasteiger partial charge in [0, 0.05) is 18.7 Å². The number of ether oxygens (including phenoxy) is 1. The maximum atomic E-state index is 12.4. The first-order chi connectivity index (χ1) is 11.6. The smallest absolute Gasteiger partial charge is 0.240 e. The number of nitrogens with one attached hydrogen (secondary N) is 1. The number of rotatable bonds is 6. The minimum absolute atomic E-state index is 0.0554. The van der Waals surface area contributed by atoms with E-state index in [1.807, 2.05) is 31.2 Å². The third kappa shape index (κ3) is 5.55. The van der Waals surface area contributed by atoms with Crippen LogP contribution < -0.4 is 15.0 Å². The van der Waals surface area contributed by atoms with Gasteiger partial charge in [-0.05, 0) is 44.0 Å². The second kappa shape index (κ2) is 9.30. The van der Waals surface area contributed by atoms with Crippen molar-refractivity contribution < 1.29 is 14.3 Å². The minimum atomic E-state index is -0.143. The monoisotopic (exact) mass is 332 g/mol. The Morgan fingerprint density at radius 1 is 1.12 bits per heavy atom. The first-order valence-corrected chi connectivity index (χ1v) is 8.90. The average molecular weight is 332 g/mol. The highest BCUT2D eigenvalue weighted by Crippen LogP contribution is 2.20. The maximum absolute atomic E-state index is 12.4. The van der Waals surface area contributed by atoms with Crippen LogP contribution in [-0.2, 0) is 9.59 Å². The van der Waals surface area contributed by atoms with E-state index in [0.717, 1.165) is 18.6 Å². The fourth-order valence-corrected chi connectivity index (χ4v) is 3.11. The van der Waals surface area contributed by atoms with Crippen molar-refractivity contribution in [2.24, 2.45) is 0 Å². The zero-order valence-corrected chi connectivity index (χ0v) is 14.7. The molecule has 1 aliphatic rings. The van der Waals surface area contributed by atoms with Gasteiger partial charge in [0.15, 0.2) is 0 Å². The molecule has 1 saturated carbocycles. The number of benzene rings is 1. The van der Waals surface area contributed by atoms with Crippen LogP contribution in [0.15, 0.2) is 24.3 Å². The molecule has 1 fully saturated rings. The van der Waals surface area contributed by atoms with Crippen LogP contribution in [0.25, 0.3) is 0 Å². The van der Waals surface area contributed by atoms with Gasteiger partial charge in [0.2, 0.25) is 11.8 Å². The molecule has 132 valence electrons. The number of hydrogen-bond donors (Lipinski definition) is 1. The minimum Gasteiger partial charge on any atom is -0.494 e. The summed E-state index contributed by atoms with van der Waals surface area (Å²) in [4.78, 5) is 25.8. The summed E-state index contributed by atoms with van der Waals surface area (Å²) in [5.41, 5.74) is 0.710. The van der Waals surface area contributed by atoms with Gasteiger partial charge in [0.25, 0.3) is 0 Å². The molecule has 0 heterocycles. The highest BCUT2D eigenvalue weighted by Gasteiger charge is 2.19. The third-order valence-electron chi connectivity index (χ3n) is 4.36. The van der Waals surface area contributed by atoms with Crippen LogP contribution in [0.3, 0.4) is 0 Å². The first-order valence-electron chi connectivity index (χ1n) is 8.90. The van der Waals surface area contributed by atoms with Crippen molar-refractivity contribution in [3.8, 4) is 5.75 Å². The first kappa shape index (κ1) is 18.3. The Labute approximate surface area is 144 Å². The molecule has 5 heteroatoms. The summed E-state index contributed by atoms with van der Waals surface area (Å²) in [6, 6.07) is 7.50. The van der Waals surface area contributed by atoms with Gasteiger partial charge in [-0.15, -0.1) is 0 Å². The standard InChI is InChI=1S/C19H28N2O3/c1-3-24-18-12-10-17(11-13-18)21(15(2)22)14-19(23)20-16-8-6-4-5-7-9-16/h10-13,16H,3-9,14H2,1-2H3,(H,20,23). The van der Waals surface area contributed by atoms with Crippen molar-refractivity contribution in [2.75, 3.05) is 18.1 Å². The molecule has 24 heavy (non-hydrogen) atoms. The van der Waals surface area contributed by atoms with Crippen LogP contribution in [0, 0.1) is 0 Å². The van der Waals surface area contributed by atoms with E-state index < -0.39 is 0 Å². The second-order valence-electron chi connectivity index (χ2n) is 6.29. The van der Waals surface area contributed by atoms with Gasteiger partial charge in [-0.3, -0.25) is 9.59 Å². The lowest BCUT2D eigenvalue weighted by molar-refractivity contribution is -0.123. The van der Waals surface area contributed by atoms with Crippen molar-refractivity contribution in [3.63, 3.8) is 0 Å². The molecule has 2 amide bonds. The number of carbonyl (C=O) groups is 2. The number of anilines is 1. The summed E-state index contributed by atoms with van der Waals surface area (Å²) in [5, 5.41) is 3.09. The summed E-state index contributed by atoms with van der Waals surface area (Å²) in [5.74, 6) is 0.522. The Kier molecular flexibility index (Phi) is 7.09. The molecule has 0 atom stereocenters. The highest BCUT2D eigenvalue weighted by molar-refractivity contribution is 5.97. The molecule has 1 aromatic rings. The zero-order chi connectivity index (χ0) is 17.4. The molecule has 2 rings (SSSR count). The van der Waals surface area contributed by atoms with Crippen LogP contribution in [0.2, 0.25) is 0 Å². The molecular formula is C19H28N2O3. The molecule has 1 aromatic carbocycles. The summed E-state index contributed by atoms with van der Waals surface area (Å²) < 4.78 is 5.41. The van der Waals surface area contributed by atoms with Crippen LogP contribution in [0.5, 0.6) is 5.75 Å². The van der Waals surface area contributed by atoms with E-state index in [0.29, 0.717) is 12.3 Å². The van der Waals surface area contributed by atoms with Crippen molar-refractivity contribution in [3.05, 3.63) is 24.3 Å². The summed E-state index contributed by atoms with van der Waals surface area (Å²) in [6.45, 7) is 4.06. The highest BCUT2D eigenvalue weighted by atomic mass is 16.5. The third-order valence-corrected chi connectivity index (χ3v) is 4.36. The van der Waals surface area contributed by atoms with Gasteiger partial charge >= 0.3 is 0 Å². The fraction of sp³-hybridized carbons (Fsp3) is 0.579. The van der Waals surface area contributed by atoms with Crippen molar-refractivity contribution in [1.82, 2.24) is 5.32 Å². The van der Waals surface area contributed by atoms with E-state index in [1.165, 1.54) is 37.5 Å².